The number of phenols is 1. The minimum Gasteiger partial charge on any atom is -0.506 e. The van der Waals surface area contributed by atoms with E-state index in [1.165, 1.54) is 18.0 Å². The van der Waals surface area contributed by atoms with Gasteiger partial charge >= 0.3 is 10.2 Å². The van der Waals surface area contributed by atoms with Crippen molar-refractivity contribution in [1.29, 1.82) is 0 Å². The number of anilines is 1. The van der Waals surface area contributed by atoms with Gasteiger partial charge in [0.25, 0.3) is 0 Å². The SMILES string of the molecule is COc1cccc(CCc2ccc3cc(O)c(N4C=CNS4(=O)=O)cc3c2)c1. The first-order valence-electron chi connectivity index (χ1n) is 8.83. The van der Waals surface area contributed by atoms with Gasteiger partial charge in [-0.3, -0.25) is 4.72 Å². The summed E-state index contributed by atoms with van der Waals surface area (Å²) in [5.41, 5.74) is 2.54. The number of hydrogen-bond acceptors (Lipinski definition) is 4. The maximum Gasteiger partial charge on any atom is 0.327 e. The number of nitrogens with one attached hydrogen (secondary N) is 1. The standard InChI is InChI=1S/C21H20N2O4S/c1-27-19-4-2-3-15(12-19)5-6-16-7-8-17-14-21(24)20(13-18(17)11-16)23-10-9-22-28(23,25)26/h2-4,7-14,22,24H,5-6H2,1H3. The Morgan fingerprint density at radius 3 is 2.50 bits per heavy atom. The van der Waals surface area contributed by atoms with E-state index in [1.807, 2.05) is 36.4 Å². The van der Waals surface area contributed by atoms with Gasteiger partial charge in [-0.25, -0.2) is 4.31 Å². The molecule has 1 aliphatic heterocycles. The molecular formula is C21H20N2O4S. The molecule has 144 valence electrons. The van der Waals surface area contributed by atoms with Crippen molar-refractivity contribution in [2.24, 2.45) is 0 Å². The van der Waals surface area contributed by atoms with E-state index in [0.717, 1.165) is 39.2 Å². The van der Waals surface area contributed by atoms with Crippen LogP contribution < -0.4 is 13.8 Å². The van der Waals surface area contributed by atoms with E-state index in [9.17, 15) is 13.5 Å². The Kier molecular flexibility index (Phi) is 4.60. The van der Waals surface area contributed by atoms with Gasteiger partial charge in [0.2, 0.25) is 0 Å². The number of hydrogen-bond donors (Lipinski definition) is 2. The third-order valence-electron chi connectivity index (χ3n) is 4.76. The zero-order valence-electron chi connectivity index (χ0n) is 15.3. The average molecular weight is 396 g/mol. The quantitative estimate of drug-likeness (QED) is 0.692. The van der Waals surface area contributed by atoms with E-state index in [0.29, 0.717) is 0 Å². The first kappa shape index (κ1) is 18.2. The summed E-state index contributed by atoms with van der Waals surface area (Å²) < 4.78 is 32.7. The highest BCUT2D eigenvalue weighted by molar-refractivity contribution is 7.91. The molecule has 28 heavy (non-hydrogen) atoms. The zero-order valence-corrected chi connectivity index (χ0v) is 16.1. The molecule has 7 heteroatoms. The lowest BCUT2D eigenvalue weighted by atomic mass is 10.0. The van der Waals surface area contributed by atoms with Gasteiger partial charge in [-0.05, 0) is 59.0 Å². The lowest BCUT2D eigenvalue weighted by Crippen LogP contribution is -2.28. The molecule has 0 bridgehead atoms. The zero-order chi connectivity index (χ0) is 19.7. The Morgan fingerprint density at radius 1 is 1.00 bits per heavy atom. The number of fused-ring (bicyclic) bond motifs is 1. The van der Waals surface area contributed by atoms with Crippen molar-refractivity contribution >= 4 is 26.7 Å². The first-order chi connectivity index (χ1) is 13.5. The third kappa shape index (κ3) is 3.48. The molecule has 0 saturated carbocycles. The lowest BCUT2D eigenvalue weighted by Gasteiger charge is -2.17. The maximum atomic E-state index is 12.1. The van der Waals surface area contributed by atoms with Crippen LogP contribution in [-0.2, 0) is 23.1 Å². The lowest BCUT2D eigenvalue weighted by molar-refractivity contribution is 0.414. The van der Waals surface area contributed by atoms with Crippen molar-refractivity contribution in [3.63, 3.8) is 0 Å². The summed E-state index contributed by atoms with van der Waals surface area (Å²) in [5.74, 6) is 0.748. The fourth-order valence-electron chi connectivity index (χ4n) is 3.30. The Morgan fingerprint density at radius 2 is 1.79 bits per heavy atom. The monoisotopic (exact) mass is 396 g/mol. The molecule has 2 N–H and O–H groups in total. The van der Waals surface area contributed by atoms with E-state index in [-0.39, 0.29) is 11.4 Å². The molecule has 0 spiro atoms. The summed E-state index contributed by atoms with van der Waals surface area (Å²) in [5, 5.41) is 12.0. The second-order valence-electron chi connectivity index (χ2n) is 6.61. The van der Waals surface area contributed by atoms with Crippen molar-refractivity contribution in [3.8, 4) is 11.5 Å². The second kappa shape index (κ2) is 7.09. The molecule has 0 amide bonds. The van der Waals surface area contributed by atoms with Crippen molar-refractivity contribution in [2.75, 3.05) is 11.4 Å². The molecular weight excluding hydrogens is 376 g/mol. The van der Waals surface area contributed by atoms with Gasteiger partial charge in [-0.2, -0.15) is 8.42 Å². The van der Waals surface area contributed by atoms with Crippen LogP contribution in [0, 0.1) is 0 Å². The molecule has 0 atom stereocenters. The Bertz CT molecular complexity index is 1170. The van der Waals surface area contributed by atoms with E-state index >= 15 is 0 Å². The first-order valence-corrected chi connectivity index (χ1v) is 10.3. The largest absolute Gasteiger partial charge is 0.506 e. The second-order valence-corrected chi connectivity index (χ2v) is 8.19. The predicted molar refractivity (Wildman–Crippen MR) is 110 cm³/mol. The molecule has 0 aromatic heterocycles. The minimum atomic E-state index is -3.69. The van der Waals surface area contributed by atoms with Crippen molar-refractivity contribution in [3.05, 3.63) is 78.1 Å². The number of rotatable bonds is 5. The average Bonchev–Trinajstić information content (AvgIpc) is 3.05. The topological polar surface area (TPSA) is 78.9 Å². The number of methoxy groups -OCH3 is 1. The number of nitrogens with zero attached hydrogens (tertiary/aromatic N) is 1. The van der Waals surface area contributed by atoms with Crippen LogP contribution in [-0.4, -0.2) is 20.6 Å². The van der Waals surface area contributed by atoms with Crippen molar-refractivity contribution < 1.29 is 18.3 Å². The number of phenolic OH excluding ortho intramolecular Hbond substituents is 1. The Balaban J connectivity index is 1.62. The van der Waals surface area contributed by atoms with Gasteiger partial charge in [-0.15, -0.1) is 0 Å². The van der Waals surface area contributed by atoms with Crippen LogP contribution in [0.25, 0.3) is 10.8 Å². The molecule has 1 aliphatic rings. The molecule has 1 heterocycles. The van der Waals surface area contributed by atoms with Gasteiger partial charge in [-0.1, -0.05) is 30.3 Å². The van der Waals surface area contributed by atoms with Gasteiger partial charge in [0.05, 0.1) is 7.11 Å². The van der Waals surface area contributed by atoms with Crippen LogP contribution in [0.5, 0.6) is 11.5 Å². The van der Waals surface area contributed by atoms with Crippen LogP contribution in [0.4, 0.5) is 5.69 Å². The van der Waals surface area contributed by atoms with E-state index in [1.54, 1.807) is 19.2 Å². The Hall–Kier alpha value is -3.19. The highest BCUT2D eigenvalue weighted by Gasteiger charge is 2.26. The number of benzene rings is 3. The van der Waals surface area contributed by atoms with Gasteiger partial charge in [0.15, 0.2) is 0 Å². The molecule has 0 fully saturated rings. The van der Waals surface area contributed by atoms with Crippen LogP contribution in [0.3, 0.4) is 0 Å². The van der Waals surface area contributed by atoms with E-state index < -0.39 is 10.2 Å². The summed E-state index contributed by atoms with van der Waals surface area (Å²) in [6.45, 7) is 0. The van der Waals surface area contributed by atoms with Gasteiger partial charge in [0.1, 0.15) is 17.2 Å². The van der Waals surface area contributed by atoms with Crippen LogP contribution >= 0.6 is 0 Å². The fraction of sp³-hybridized carbons (Fsp3) is 0.143. The third-order valence-corrected chi connectivity index (χ3v) is 6.03. The molecule has 0 unspecified atom stereocenters. The van der Waals surface area contributed by atoms with E-state index in [2.05, 4.69) is 10.8 Å². The smallest absolute Gasteiger partial charge is 0.327 e. The highest BCUT2D eigenvalue weighted by atomic mass is 32.2. The highest BCUT2D eigenvalue weighted by Crippen LogP contribution is 2.35. The summed E-state index contributed by atoms with van der Waals surface area (Å²) in [6, 6.07) is 17.2. The number of aromatic hydroxyl groups is 1. The molecule has 4 rings (SSSR count). The molecule has 3 aromatic carbocycles. The molecule has 0 radical (unpaired) electrons. The summed E-state index contributed by atoms with van der Waals surface area (Å²) in [4.78, 5) is 0. The predicted octanol–water partition coefficient (Wildman–Crippen LogP) is 3.46. The molecule has 6 nitrogen and oxygen atoms in total. The summed E-state index contributed by atoms with van der Waals surface area (Å²) in [6.07, 6.45) is 4.40. The normalized spacial score (nSPS) is 15.0. The van der Waals surface area contributed by atoms with E-state index in [4.69, 9.17) is 4.74 Å². The molecule has 3 aromatic rings. The van der Waals surface area contributed by atoms with Crippen molar-refractivity contribution in [1.82, 2.24) is 4.72 Å². The summed E-state index contributed by atoms with van der Waals surface area (Å²) in [7, 11) is -2.04. The fourth-order valence-corrected chi connectivity index (χ4v) is 4.28. The van der Waals surface area contributed by atoms with Crippen molar-refractivity contribution in [2.45, 2.75) is 12.8 Å². The summed E-state index contributed by atoms with van der Waals surface area (Å²) >= 11 is 0. The Labute approximate surface area is 163 Å². The maximum absolute atomic E-state index is 12.1. The van der Waals surface area contributed by atoms with Crippen LogP contribution in [0.2, 0.25) is 0 Å². The van der Waals surface area contributed by atoms with Crippen LogP contribution in [0.15, 0.2) is 67.0 Å². The van der Waals surface area contributed by atoms with Crippen LogP contribution in [0.1, 0.15) is 11.1 Å². The number of aryl methyl sites for hydroxylation is 2. The molecule has 0 aliphatic carbocycles. The molecule has 0 saturated heterocycles. The van der Waals surface area contributed by atoms with Gasteiger partial charge in [0, 0.05) is 12.4 Å². The van der Waals surface area contributed by atoms with Gasteiger partial charge < -0.3 is 9.84 Å². The minimum absolute atomic E-state index is 0.0893. The number of ether oxygens (including phenoxy) is 1.